The Kier molecular flexibility index (Phi) is 4.06. The Morgan fingerprint density at radius 3 is 3.00 bits per heavy atom. The van der Waals surface area contributed by atoms with Crippen LogP contribution in [0, 0.1) is 6.92 Å². The minimum Gasteiger partial charge on any atom is -0.339 e. The van der Waals surface area contributed by atoms with Gasteiger partial charge in [-0.1, -0.05) is 41.9 Å². The molecular weight excluding hydrogens is 262 g/mol. The molecule has 1 atom stereocenters. The highest BCUT2D eigenvalue weighted by Gasteiger charge is 2.37. The van der Waals surface area contributed by atoms with Crippen LogP contribution in [-0.4, -0.2) is 23.2 Å². The molecule has 2 heterocycles. The van der Waals surface area contributed by atoms with Gasteiger partial charge in [-0.2, -0.15) is 4.98 Å². The lowest BCUT2D eigenvalue weighted by atomic mass is 9.78. The number of hydrogen-bond donors (Lipinski definition) is 1. The summed E-state index contributed by atoms with van der Waals surface area (Å²) in [5, 5.41) is 7.66. The number of aromatic nitrogens is 2. The first-order valence-corrected chi connectivity index (χ1v) is 7.81. The van der Waals surface area contributed by atoms with E-state index in [1.807, 2.05) is 0 Å². The molecule has 0 radical (unpaired) electrons. The van der Waals surface area contributed by atoms with Crippen molar-refractivity contribution in [2.24, 2.45) is 0 Å². The lowest BCUT2D eigenvalue weighted by Crippen LogP contribution is -2.43. The fourth-order valence-corrected chi connectivity index (χ4v) is 3.15. The standard InChI is InChI=1S/C17H23N3O/c1-3-17(8-5-9-18-12-17)16-19-15(20-21-16)11-14-7-4-6-13(2)10-14/h4,6-7,10,18H,3,5,8-9,11-12H2,1-2H3. The summed E-state index contributed by atoms with van der Waals surface area (Å²) in [5.74, 6) is 1.59. The van der Waals surface area contributed by atoms with Gasteiger partial charge in [0.1, 0.15) is 0 Å². The Hall–Kier alpha value is -1.68. The highest BCUT2D eigenvalue weighted by Crippen LogP contribution is 2.33. The topological polar surface area (TPSA) is 51.0 Å². The first kappa shape index (κ1) is 14.3. The van der Waals surface area contributed by atoms with Crippen molar-refractivity contribution in [3.05, 3.63) is 47.1 Å². The predicted octanol–water partition coefficient (Wildman–Crippen LogP) is 3.00. The van der Waals surface area contributed by atoms with E-state index in [2.05, 4.69) is 53.6 Å². The molecule has 4 nitrogen and oxygen atoms in total. The summed E-state index contributed by atoms with van der Waals surface area (Å²) < 4.78 is 5.60. The molecule has 1 aliphatic rings. The Morgan fingerprint density at radius 2 is 2.29 bits per heavy atom. The smallest absolute Gasteiger partial charge is 0.234 e. The fraction of sp³-hybridized carbons (Fsp3) is 0.529. The Morgan fingerprint density at radius 1 is 1.38 bits per heavy atom. The SMILES string of the molecule is CCC1(c2nc(Cc3cccc(C)c3)no2)CCCNC1. The van der Waals surface area contributed by atoms with Crippen LogP contribution in [0.3, 0.4) is 0 Å². The minimum absolute atomic E-state index is 0.0239. The average Bonchev–Trinajstić information content (AvgIpc) is 2.97. The summed E-state index contributed by atoms with van der Waals surface area (Å²) in [4.78, 5) is 4.68. The van der Waals surface area contributed by atoms with Gasteiger partial charge in [0, 0.05) is 13.0 Å². The first-order valence-electron chi connectivity index (χ1n) is 7.81. The van der Waals surface area contributed by atoms with Gasteiger partial charge in [-0.3, -0.25) is 0 Å². The third-order valence-electron chi connectivity index (χ3n) is 4.52. The molecule has 1 aromatic carbocycles. The third kappa shape index (κ3) is 3.00. The number of nitrogens with zero attached hydrogens (tertiary/aromatic N) is 2. The van der Waals surface area contributed by atoms with Gasteiger partial charge in [0.2, 0.25) is 5.89 Å². The molecule has 1 aromatic heterocycles. The number of rotatable bonds is 4. The number of hydrogen-bond acceptors (Lipinski definition) is 4. The van der Waals surface area contributed by atoms with E-state index in [-0.39, 0.29) is 5.41 Å². The molecule has 4 heteroatoms. The molecule has 2 aromatic rings. The molecule has 0 bridgehead atoms. The highest BCUT2D eigenvalue weighted by atomic mass is 16.5. The maximum absolute atomic E-state index is 5.60. The third-order valence-corrected chi connectivity index (χ3v) is 4.52. The molecule has 0 saturated carbocycles. The molecule has 112 valence electrons. The van der Waals surface area contributed by atoms with Crippen molar-refractivity contribution in [2.75, 3.05) is 13.1 Å². The molecule has 1 fully saturated rings. The minimum atomic E-state index is 0.0239. The molecule has 3 rings (SSSR count). The van der Waals surface area contributed by atoms with Crippen LogP contribution >= 0.6 is 0 Å². The molecule has 1 N–H and O–H groups in total. The van der Waals surface area contributed by atoms with E-state index in [9.17, 15) is 0 Å². The van der Waals surface area contributed by atoms with E-state index in [4.69, 9.17) is 4.52 Å². The van der Waals surface area contributed by atoms with Gasteiger partial charge in [0.15, 0.2) is 5.82 Å². The van der Waals surface area contributed by atoms with Gasteiger partial charge in [-0.05, 0) is 38.3 Å². The second-order valence-electron chi connectivity index (χ2n) is 6.10. The Balaban J connectivity index is 1.79. The number of nitrogens with one attached hydrogen (secondary N) is 1. The molecular formula is C17H23N3O. The van der Waals surface area contributed by atoms with Crippen molar-refractivity contribution in [2.45, 2.75) is 44.9 Å². The van der Waals surface area contributed by atoms with Crippen LogP contribution in [0.25, 0.3) is 0 Å². The van der Waals surface area contributed by atoms with Crippen molar-refractivity contribution in [3.8, 4) is 0 Å². The summed E-state index contributed by atoms with van der Waals surface area (Å²) in [6.07, 6.45) is 4.07. The molecule has 0 aliphatic carbocycles. The maximum atomic E-state index is 5.60. The van der Waals surface area contributed by atoms with Crippen molar-refractivity contribution in [1.29, 1.82) is 0 Å². The molecule has 0 spiro atoms. The van der Waals surface area contributed by atoms with Crippen LogP contribution < -0.4 is 5.32 Å². The monoisotopic (exact) mass is 285 g/mol. The van der Waals surface area contributed by atoms with E-state index in [1.165, 1.54) is 17.5 Å². The zero-order chi connectivity index (χ0) is 14.7. The van der Waals surface area contributed by atoms with Crippen molar-refractivity contribution in [3.63, 3.8) is 0 Å². The van der Waals surface area contributed by atoms with Crippen LogP contribution in [-0.2, 0) is 11.8 Å². The number of benzene rings is 1. The summed E-state index contributed by atoms with van der Waals surface area (Å²) in [5.41, 5.74) is 2.52. The van der Waals surface area contributed by atoms with Crippen LogP contribution in [0.5, 0.6) is 0 Å². The van der Waals surface area contributed by atoms with Crippen molar-refractivity contribution < 1.29 is 4.52 Å². The van der Waals surface area contributed by atoms with E-state index >= 15 is 0 Å². The van der Waals surface area contributed by atoms with Crippen LogP contribution in [0.1, 0.15) is 49.0 Å². The van der Waals surface area contributed by atoms with E-state index in [1.54, 1.807) is 0 Å². The van der Waals surface area contributed by atoms with Gasteiger partial charge in [0.25, 0.3) is 0 Å². The average molecular weight is 285 g/mol. The summed E-state index contributed by atoms with van der Waals surface area (Å²) >= 11 is 0. The fourth-order valence-electron chi connectivity index (χ4n) is 3.15. The van der Waals surface area contributed by atoms with E-state index < -0.39 is 0 Å². The lowest BCUT2D eigenvalue weighted by Gasteiger charge is -2.33. The number of aryl methyl sites for hydroxylation is 1. The van der Waals surface area contributed by atoms with Crippen LogP contribution in [0.2, 0.25) is 0 Å². The van der Waals surface area contributed by atoms with Gasteiger partial charge in [-0.25, -0.2) is 0 Å². The summed E-state index contributed by atoms with van der Waals surface area (Å²) in [6.45, 7) is 6.34. The van der Waals surface area contributed by atoms with Gasteiger partial charge >= 0.3 is 0 Å². The van der Waals surface area contributed by atoms with Crippen LogP contribution in [0.4, 0.5) is 0 Å². The molecule has 1 saturated heterocycles. The normalized spacial score (nSPS) is 22.4. The van der Waals surface area contributed by atoms with Crippen molar-refractivity contribution >= 4 is 0 Å². The second kappa shape index (κ2) is 5.98. The first-order chi connectivity index (χ1) is 10.2. The molecule has 0 amide bonds. The summed E-state index contributed by atoms with van der Waals surface area (Å²) in [6, 6.07) is 8.46. The largest absolute Gasteiger partial charge is 0.339 e. The number of piperidine rings is 1. The highest BCUT2D eigenvalue weighted by molar-refractivity contribution is 5.24. The molecule has 21 heavy (non-hydrogen) atoms. The Bertz CT molecular complexity index is 600. The second-order valence-corrected chi connectivity index (χ2v) is 6.10. The summed E-state index contributed by atoms with van der Waals surface area (Å²) in [7, 11) is 0. The maximum Gasteiger partial charge on any atom is 0.234 e. The van der Waals surface area contributed by atoms with Crippen LogP contribution in [0.15, 0.2) is 28.8 Å². The lowest BCUT2D eigenvalue weighted by molar-refractivity contribution is 0.220. The van der Waals surface area contributed by atoms with Gasteiger partial charge in [-0.15, -0.1) is 0 Å². The van der Waals surface area contributed by atoms with E-state index in [0.29, 0.717) is 0 Å². The van der Waals surface area contributed by atoms with Gasteiger partial charge in [0.05, 0.1) is 5.41 Å². The Labute approximate surface area is 126 Å². The van der Waals surface area contributed by atoms with Gasteiger partial charge < -0.3 is 9.84 Å². The zero-order valence-corrected chi connectivity index (χ0v) is 12.9. The quantitative estimate of drug-likeness (QED) is 0.938. The molecule has 1 unspecified atom stereocenters. The molecule has 1 aliphatic heterocycles. The predicted molar refractivity (Wildman–Crippen MR) is 82.4 cm³/mol. The van der Waals surface area contributed by atoms with E-state index in [0.717, 1.165) is 44.1 Å². The van der Waals surface area contributed by atoms with Crippen molar-refractivity contribution in [1.82, 2.24) is 15.5 Å². The zero-order valence-electron chi connectivity index (χ0n) is 12.9.